The molecule has 2 rings (SSSR count). The average Bonchev–Trinajstić information content (AvgIpc) is 2.75. The molecule has 2 amide bonds. The molecule has 0 aromatic heterocycles. The number of carbonyl (C=O) groups is 3. The fourth-order valence-corrected chi connectivity index (χ4v) is 2.21. The fourth-order valence-electron chi connectivity index (χ4n) is 2.21. The topological polar surface area (TPSA) is 87.2 Å². The molecule has 0 unspecified atom stereocenters. The molecular formula is C11H16N2O5. The molecule has 2 aliphatic rings. The van der Waals surface area contributed by atoms with Gasteiger partial charge in [0.05, 0.1) is 12.5 Å². The van der Waals surface area contributed by atoms with Gasteiger partial charge in [0.1, 0.15) is 13.2 Å². The Morgan fingerprint density at radius 1 is 1.28 bits per heavy atom. The molecule has 2 saturated heterocycles. The fraction of sp³-hybridized carbons (Fsp3) is 0.727. The van der Waals surface area contributed by atoms with E-state index in [2.05, 4.69) is 0 Å². The number of rotatable bonds is 3. The molecule has 0 aromatic carbocycles. The lowest BCUT2D eigenvalue weighted by Crippen LogP contribution is -2.45. The second-order valence-corrected chi connectivity index (χ2v) is 4.53. The lowest BCUT2D eigenvalue weighted by Gasteiger charge is -2.31. The maximum Gasteiger partial charge on any atom is 0.410 e. The molecule has 0 radical (unpaired) electrons. The van der Waals surface area contributed by atoms with E-state index in [1.165, 1.54) is 4.90 Å². The van der Waals surface area contributed by atoms with Gasteiger partial charge in [-0.2, -0.15) is 0 Å². The van der Waals surface area contributed by atoms with E-state index in [9.17, 15) is 14.4 Å². The molecule has 0 spiro atoms. The Morgan fingerprint density at radius 2 is 1.94 bits per heavy atom. The van der Waals surface area contributed by atoms with Crippen molar-refractivity contribution in [2.24, 2.45) is 5.92 Å². The van der Waals surface area contributed by atoms with Crippen molar-refractivity contribution in [2.75, 3.05) is 32.8 Å². The third kappa shape index (κ3) is 2.72. The Balaban J connectivity index is 1.80. The zero-order valence-electron chi connectivity index (χ0n) is 10.0. The summed E-state index contributed by atoms with van der Waals surface area (Å²) >= 11 is 0. The van der Waals surface area contributed by atoms with Crippen LogP contribution in [0.2, 0.25) is 0 Å². The number of cyclic esters (lactones) is 1. The largest absolute Gasteiger partial charge is 0.481 e. The van der Waals surface area contributed by atoms with Crippen molar-refractivity contribution in [1.82, 2.24) is 9.80 Å². The number of nitrogens with zero attached hydrogens (tertiary/aromatic N) is 2. The van der Waals surface area contributed by atoms with Crippen molar-refractivity contribution >= 4 is 18.0 Å². The third-order valence-electron chi connectivity index (χ3n) is 3.37. The van der Waals surface area contributed by atoms with Gasteiger partial charge >= 0.3 is 12.1 Å². The van der Waals surface area contributed by atoms with Crippen LogP contribution < -0.4 is 0 Å². The normalized spacial score (nSPS) is 21.0. The molecular weight excluding hydrogens is 240 g/mol. The van der Waals surface area contributed by atoms with Crippen LogP contribution in [0.4, 0.5) is 4.79 Å². The van der Waals surface area contributed by atoms with Gasteiger partial charge in [0, 0.05) is 13.1 Å². The Labute approximate surface area is 104 Å². The number of amides is 2. The molecule has 7 heteroatoms. The van der Waals surface area contributed by atoms with Crippen LogP contribution in [0.3, 0.4) is 0 Å². The highest BCUT2D eigenvalue weighted by Gasteiger charge is 2.30. The lowest BCUT2D eigenvalue weighted by atomic mass is 9.97. The van der Waals surface area contributed by atoms with Crippen LogP contribution in [0.5, 0.6) is 0 Å². The summed E-state index contributed by atoms with van der Waals surface area (Å²) in [4.78, 5) is 36.9. The van der Waals surface area contributed by atoms with Crippen LogP contribution in [0.1, 0.15) is 12.8 Å². The number of carboxylic acids is 1. The van der Waals surface area contributed by atoms with Crippen LogP contribution >= 0.6 is 0 Å². The second kappa shape index (κ2) is 5.24. The Kier molecular flexibility index (Phi) is 3.69. The number of hydrogen-bond acceptors (Lipinski definition) is 4. The zero-order chi connectivity index (χ0) is 13.1. The van der Waals surface area contributed by atoms with Gasteiger partial charge in [-0.05, 0) is 12.8 Å². The summed E-state index contributed by atoms with van der Waals surface area (Å²) in [7, 11) is 0. The van der Waals surface area contributed by atoms with Crippen molar-refractivity contribution in [2.45, 2.75) is 12.8 Å². The summed E-state index contributed by atoms with van der Waals surface area (Å²) in [6.45, 7) is 1.68. The van der Waals surface area contributed by atoms with E-state index in [4.69, 9.17) is 9.84 Å². The first-order chi connectivity index (χ1) is 8.58. The van der Waals surface area contributed by atoms with E-state index >= 15 is 0 Å². The minimum Gasteiger partial charge on any atom is -0.481 e. The van der Waals surface area contributed by atoms with Gasteiger partial charge in [-0.15, -0.1) is 0 Å². The van der Waals surface area contributed by atoms with E-state index in [-0.39, 0.29) is 18.4 Å². The molecule has 0 bridgehead atoms. The van der Waals surface area contributed by atoms with Crippen LogP contribution in [-0.2, 0) is 14.3 Å². The van der Waals surface area contributed by atoms with Crippen LogP contribution in [-0.4, -0.2) is 65.7 Å². The van der Waals surface area contributed by atoms with E-state index in [1.54, 1.807) is 4.90 Å². The number of hydrogen-bond donors (Lipinski definition) is 1. The monoisotopic (exact) mass is 256 g/mol. The first-order valence-electron chi connectivity index (χ1n) is 6.00. The van der Waals surface area contributed by atoms with Crippen molar-refractivity contribution in [3.05, 3.63) is 0 Å². The smallest absolute Gasteiger partial charge is 0.410 e. The van der Waals surface area contributed by atoms with Gasteiger partial charge in [-0.3, -0.25) is 14.5 Å². The molecule has 2 aliphatic heterocycles. The maximum atomic E-state index is 11.9. The number of likely N-dealkylation sites (tertiary alicyclic amines) is 1. The summed E-state index contributed by atoms with van der Waals surface area (Å²) in [5.41, 5.74) is 0. The minimum absolute atomic E-state index is 0.0244. The summed E-state index contributed by atoms with van der Waals surface area (Å²) < 4.78 is 4.74. The van der Waals surface area contributed by atoms with Crippen molar-refractivity contribution in [3.63, 3.8) is 0 Å². The molecule has 1 N–H and O–H groups in total. The molecule has 2 heterocycles. The van der Waals surface area contributed by atoms with Gasteiger partial charge < -0.3 is 14.7 Å². The maximum absolute atomic E-state index is 11.9. The predicted octanol–water partition coefficient (Wildman–Crippen LogP) is -0.238. The van der Waals surface area contributed by atoms with Gasteiger partial charge in [0.15, 0.2) is 0 Å². The highest BCUT2D eigenvalue weighted by atomic mass is 16.6. The number of piperidine rings is 1. The SMILES string of the molecule is O=C(O)C1CCN(C(=O)CN2CCOC2=O)CC1. The summed E-state index contributed by atoms with van der Waals surface area (Å²) in [6, 6.07) is 0. The molecule has 2 fully saturated rings. The third-order valence-corrected chi connectivity index (χ3v) is 3.37. The number of carboxylic acid groups (broad SMARTS) is 1. The molecule has 18 heavy (non-hydrogen) atoms. The van der Waals surface area contributed by atoms with Gasteiger partial charge in [0.25, 0.3) is 0 Å². The first kappa shape index (κ1) is 12.7. The van der Waals surface area contributed by atoms with Crippen LogP contribution in [0.15, 0.2) is 0 Å². The second-order valence-electron chi connectivity index (χ2n) is 4.53. The van der Waals surface area contributed by atoms with E-state index in [0.29, 0.717) is 39.1 Å². The average molecular weight is 256 g/mol. The lowest BCUT2D eigenvalue weighted by molar-refractivity contribution is -0.145. The van der Waals surface area contributed by atoms with Gasteiger partial charge in [-0.25, -0.2) is 4.79 Å². The van der Waals surface area contributed by atoms with Crippen molar-refractivity contribution in [1.29, 1.82) is 0 Å². The van der Waals surface area contributed by atoms with Crippen LogP contribution in [0, 0.1) is 5.92 Å². The van der Waals surface area contributed by atoms with Crippen molar-refractivity contribution in [3.8, 4) is 0 Å². The minimum atomic E-state index is -0.801. The number of aliphatic carboxylic acids is 1. The number of ether oxygens (including phenoxy) is 1. The van der Waals surface area contributed by atoms with E-state index in [1.807, 2.05) is 0 Å². The molecule has 0 aromatic rings. The van der Waals surface area contributed by atoms with Crippen molar-refractivity contribution < 1.29 is 24.2 Å². The predicted molar refractivity (Wildman–Crippen MR) is 59.9 cm³/mol. The highest BCUT2D eigenvalue weighted by Crippen LogP contribution is 2.17. The molecule has 7 nitrogen and oxygen atoms in total. The Bertz CT molecular complexity index is 362. The van der Waals surface area contributed by atoms with E-state index in [0.717, 1.165) is 0 Å². The summed E-state index contributed by atoms with van der Waals surface area (Å²) in [6.07, 6.45) is 0.501. The molecule has 0 saturated carbocycles. The van der Waals surface area contributed by atoms with Gasteiger partial charge in [-0.1, -0.05) is 0 Å². The highest BCUT2D eigenvalue weighted by molar-refractivity contribution is 5.83. The number of carbonyl (C=O) groups excluding carboxylic acids is 2. The molecule has 0 aliphatic carbocycles. The zero-order valence-corrected chi connectivity index (χ0v) is 10.0. The first-order valence-corrected chi connectivity index (χ1v) is 6.00. The van der Waals surface area contributed by atoms with Crippen LogP contribution in [0.25, 0.3) is 0 Å². The summed E-state index contributed by atoms with van der Waals surface area (Å²) in [5.74, 6) is -1.30. The summed E-state index contributed by atoms with van der Waals surface area (Å²) in [5, 5.41) is 8.85. The van der Waals surface area contributed by atoms with Gasteiger partial charge in [0.2, 0.25) is 5.91 Å². The molecule has 100 valence electrons. The Morgan fingerprint density at radius 3 is 2.44 bits per heavy atom. The molecule has 0 atom stereocenters. The Hall–Kier alpha value is -1.79. The van der Waals surface area contributed by atoms with E-state index < -0.39 is 12.1 Å². The standard InChI is InChI=1S/C11H16N2O5/c14-9(7-13-5-6-18-11(13)17)12-3-1-8(2-4-12)10(15)16/h8H,1-7H2,(H,15,16). The quantitative estimate of drug-likeness (QED) is 0.753.